The molecule has 1 saturated heterocycles. The number of hydrogen-bond donors (Lipinski definition) is 2. The van der Waals surface area contributed by atoms with E-state index >= 15 is 0 Å². The normalized spacial score (nSPS) is 26.0. The molecule has 0 aromatic rings. The molecule has 0 bridgehead atoms. The summed E-state index contributed by atoms with van der Waals surface area (Å²) in [6, 6.07) is 0. The minimum absolute atomic E-state index is 0.270. The Hall–Kier alpha value is -0.770. The zero-order valence-corrected chi connectivity index (χ0v) is 12.5. The molecule has 3 N–H and O–H groups in total. The van der Waals surface area contributed by atoms with Crippen LogP contribution in [0.15, 0.2) is 4.99 Å². The molecule has 0 aromatic carbocycles. The molecule has 1 heterocycles. The van der Waals surface area contributed by atoms with Gasteiger partial charge in [0, 0.05) is 19.7 Å². The molecule has 2 rings (SSSR count). The lowest BCUT2D eigenvalue weighted by Gasteiger charge is -2.30. The van der Waals surface area contributed by atoms with Crippen LogP contribution in [0.2, 0.25) is 0 Å². The number of guanidine groups is 1. The van der Waals surface area contributed by atoms with Crippen LogP contribution in [0.5, 0.6) is 0 Å². The third-order valence-corrected chi connectivity index (χ3v) is 4.65. The van der Waals surface area contributed by atoms with Crippen LogP contribution < -0.4 is 11.1 Å². The molecule has 4 heteroatoms. The number of nitrogens with zero attached hydrogens (tertiary/aromatic N) is 1. The van der Waals surface area contributed by atoms with E-state index < -0.39 is 0 Å². The molecule has 0 aromatic heterocycles. The summed E-state index contributed by atoms with van der Waals surface area (Å²) in [7, 11) is 0. The fraction of sp³-hybridized carbons (Fsp3) is 0.933. The van der Waals surface area contributed by atoms with Crippen molar-refractivity contribution in [2.45, 2.75) is 58.5 Å². The first-order chi connectivity index (χ1) is 9.08. The van der Waals surface area contributed by atoms with Crippen molar-refractivity contribution in [1.82, 2.24) is 5.32 Å². The van der Waals surface area contributed by atoms with E-state index in [-0.39, 0.29) is 5.41 Å². The Labute approximate surface area is 117 Å². The van der Waals surface area contributed by atoms with E-state index in [1.165, 1.54) is 25.7 Å². The molecular formula is C15H29N3O. The number of nitrogens with two attached hydrogens (primary N) is 1. The summed E-state index contributed by atoms with van der Waals surface area (Å²) < 4.78 is 5.56. The Bertz CT molecular complexity index is 303. The summed E-state index contributed by atoms with van der Waals surface area (Å²) in [6.07, 6.45) is 8.08. The van der Waals surface area contributed by atoms with Gasteiger partial charge in [-0.15, -0.1) is 0 Å². The van der Waals surface area contributed by atoms with Crippen LogP contribution in [0.25, 0.3) is 0 Å². The quantitative estimate of drug-likeness (QED) is 0.593. The predicted octanol–water partition coefficient (Wildman–Crippen LogP) is 2.29. The standard InChI is InChI=1S/C15H29N3O/c1-15(2,12-6-3-4-7-12)11-18-14(16)17-10-13-8-5-9-19-13/h12-13H,3-11H2,1-2H3,(H3,16,17,18). The van der Waals surface area contributed by atoms with E-state index in [0.29, 0.717) is 12.1 Å². The van der Waals surface area contributed by atoms with Gasteiger partial charge < -0.3 is 15.8 Å². The Balaban J connectivity index is 1.73. The number of ether oxygens (including phenoxy) is 1. The fourth-order valence-corrected chi connectivity index (χ4v) is 3.20. The van der Waals surface area contributed by atoms with Gasteiger partial charge in [-0.2, -0.15) is 0 Å². The highest BCUT2D eigenvalue weighted by Gasteiger charge is 2.31. The topological polar surface area (TPSA) is 59.6 Å². The molecule has 0 amide bonds. The third kappa shape index (κ3) is 4.37. The van der Waals surface area contributed by atoms with Gasteiger partial charge in [-0.05, 0) is 37.0 Å². The Morgan fingerprint density at radius 1 is 1.26 bits per heavy atom. The van der Waals surface area contributed by atoms with Crippen molar-refractivity contribution < 1.29 is 4.74 Å². The van der Waals surface area contributed by atoms with Crippen molar-refractivity contribution >= 4 is 5.96 Å². The zero-order valence-electron chi connectivity index (χ0n) is 12.5. The Morgan fingerprint density at radius 3 is 2.63 bits per heavy atom. The van der Waals surface area contributed by atoms with Crippen molar-refractivity contribution in [3.63, 3.8) is 0 Å². The van der Waals surface area contributed by atoms with Crippen LogP contribution in [-0.4, -0.2) is 31.8 Å². The lowest BCUT2D eigenvalue weighted by Crippen LogP contribution is -2.38. The zero-order chi connectivity index (χ0) is 13.7. The molecule has 1 unspecified atom stereocenters. The molecule has 0 radical (unpaired) electrons. The number of rotatable bonds is 5. The van der Waals surface area contributed by atoms with E-state index in [2.05, 4.69) is 24.2 Å². The lowest BCUT2D eigenvalue weighted by molar-refractivity contribution is 0.114. The van der Waals surface area contributed by atoms with E-state index in [9.17, 15) is 0 Å². The molecule has 0 spiro atoms. The largest absolute Gasteiger partial charge is 0.376 e. The van der Waals surface area contributed by atoms with Gasteiger partial charge in [-0.25, -0.2) is 0 Å². The van der Waals surface area contributed by atoms with Crippen LogP contribution in [0, 0.1) is 11.3 Å². The average Bonchev–Trinajstić information content (AvgIpc) is 3.06. The molecule has 1 aliphatic carbocycles. The highest BCUT2D eigenvalue weighted by Crippen LogP contribution is 2.39. The molecule has 4 nitrogen and oxygen atoms in total. The van der Waals surface area contributed by atoms with Crippen LogP contribution in [0.3, 0.4) is 0 Å². The fourth-order valence-electron chi connectivity index (χ4n) is 3.20. The smallest absolute Gasteiger partial charge is 0.188 e. The van der Waals surface area contributed by atoms with Gasteiger partial charge >= 0.3 is 0 Å². The van der Waals surface area contributed by atoms with Gasteiger partial charge in [-0.1, -0.05) is 26.7 Å². The van der Waals surface area contributed by atoms with Crippen LogP contribution in [-0.2, 0) is 4.74 Å². The molecule has 110 valence electrons. The monoisotopic (exact) mass is 267 g/mol. The number of nitrogens with one attached hydrogen (secondary N) is 1. The first-order valence-electron chi connectivity index (χ1n) is 7.73. The molecule has 2 aliphatic rings. The molecule has 1 aliphatic heterocycles. The van der Waals surface area contributed by atoms with Crippen molar-refractivity contribution in [2.24, 2.45) is 22.1 Å². The predicted molar refractivity (Wildman–Crippen MR) is 79.2 cm³/mol. The second kappa shape index (κ2) is 6.60. The lowest BCUT2D eigenvalue weighted by atomic mass is 9.78. The van der Waals surface area contributed by atoms with Crippen molar-refractivity contribution in [2.75, 3.05) is 19.7 Å². The van der Waals surface area contributed by atoms with Crippen LogP contribution in [0.1, 0.15) is 52.4 Å². The van der Waals surface area contributed by atoms with Crippen molar-refractivity contribution in [3.05, 3.63) is 0 Å². The average molecular weight is 267 g/mol. The summed E-state index contributed by atoms with van der Waals surface area (Å²) >= 11 is 0. The Kier molecular flexibility index (Phi) is 5.08. The molecular weight excluding hydrogens is 238 g/mol. The van der Waals surface area contributed by atoms with E-state index in [4.69, 9.17) is 10.5 Å². The summed E-state index contributed by atoms with van der Waals surface area (Å²) in [4.78, 5) is 4.53. The minimum atomic E-state index is 0.270. The minimum Gasteiger partial charge on any atom is -0.376 e. The number of hydrogen-bond acceptors (Lipinski definition) is 2. The van der Waals surface area contributed by atoms with Crippen molar-refractivity contribution in [1.29, 1.82) is 0 Å². The van der Waals surface area contributed by atoms with Gasteiger partial charge in [0.1, 0.15) is 0 Å². The number of aliphatic imine (C=N–C) groups is 1. The highest BCUT2D eigenvalue weighted by atomic mass is 16.5. The van der Waals surface area contributed by atoms with Gasteiger partial charge in [0.25, 0.3) is 0 Å². The molecule has 1 atom stereocenters. The third-order valence-electron chi connectivity index (χ3n) is 4.65. The second-order valence-electron chi connectivity index (χ2n) is 6.69. The summed E-state index contributed by atoms with van der Waals surface area (Å²) in [5.74, 6) is 1.38. The van der Waals surface area contributed by atoms with Gasteiger partial charge in [0.15, 0.2) is 5.96 Å². The summed E-state index contributed by atoms with van der Waals surface area (Å²) in [5.41, 5.74) is 6.21. The summed E-state index contributed by atoms with van der Waals surface area (Å²) in [6.45, 7) is 7.14. The van der Waals surface area contributed by atoms with Crippen LogP contribution >= 0.6 is 0 Å². The Morgan fingerprint density at radius 2 is 2.00 bits per heavy atom. The maximum Gasteiger partial charge on any atom is 0.188 e. The van der Waals surface area contributed by atoms with Gasteiger partial charge in [0.2, 0.25) is 0 Å². The second-order valence-corrected chi connectivity index (χ2v) is 6.69. The first-order valence-corrected chi connectivity index (χ1v) is 7.73. The maximum atomic E-state index is 5.94. The first kappa shape index (κ1) is 14.6. The van der Waals surface area contributed by atoms with Gasteiger partial charge in [-0.3, -0.25) is 4.99 Å². The maximum absolute atomic E-state index is 5.94. The highest BCUT2D eigenvalue weighted by molar-refractivity contribution is 5.77. The van der Waals surface area contributed by atoms with E-state index in [0.717, 1.165) is 38.5 Å². The SMILES string of the molecule is CC(C)(CN=C(N)NCC1CCCO1)C1CCCC1. The molecule has 1 saturated carbocycles. The van der Waals surface area contributed by atoms with Crippen LogP contribution in [0.4, 0.5) is 0 Å². The van der Waals surface area contributed by atoms with Crippen molar-refractivity contribution in [3.8, 4) is 0 Å². The van der Waals surface area contributed by atoms with E-state index in [1.807, 2.05) is 0 Å². The van der Waals surface area contributed by atoms with Gasteiger partial charge in [0.05, 0.1) is 6.10 Å². The molecule has 19 heavy (non-hydrogen) atoms. The van der Waals surface area contributed by atoms with E-state index in [1.54, 1.807) is 0 Å². The summed E-state index contributed by atoms with van der Waals surface area (Å²) in [5, 5.41) is 3.19. The molecule has 2 fully saturated rings.